The van der Waals surface area contributed by atoms with Gasteiger partial charge in [0.1, 0.15) is 0 Å². The average Bonchev–Trinajstić information content (AvgIpc) is 2.73. The number of nitrogens with zero attached hydrogens (tertiary/aromatic N) is 2. The molecule has 1 fully saturated rings. The van der Waals surface area contributed by atoms with Crippen molar-refractivity contribution in [1.29, 1.82) is 0 Å². The molecule has 1 heterocycles. The summed E-state index contributed by atoms with van der Waals surface area (Å²) >= 11 is 1.66. The van der Waals surface area contributed by atoms with E-state index in [1.54, 1.807) is 11.3 Å². The van der Waals surface area contributed by atoms with Gasteiger partial charge in [-0.2, -0.15) is 0 Å². The summed E-state index contributed by atoms with van der Waals surface area (Å²) in [6.45, 7) is 2.73. The average molecular weight is 237 g/mol. The van der Waals surface area contributed by atoms with Gasteiger partial charge >= 0.3 is 0 Å². The Balaban J connectivity index is 1.93. The lowest BCUT2D eigenvalue weighted by molar-refractivity contribution is 0.436. The summed E-state index contributed by atoms with van der Waals surface area (Å²) in [5.74, 6) is 1.38. The van der Waals surface area contributed by atoms with Gasteiger partial charge in [0, 0.05) is 10.8 Å². The number of nitrogens with two attached hydrogens (primary N) is 1. The zero-order valence-electron chi connectivity index (χ0n) is 9.78. The van der Waals surface area contributed by atoms with Gasteiger partial charge in [-0.25, -0.2) is 4.98 Å². The van der Waals surface area contributed by atoms with Gasteiger partial charge in [-0.3, -0.25) is 4.99 Å². The summed E-state index contributed by atoms with van der Waals surface area (Å²) in [4.78, 5) is 9.97. The number of hydrogen-bond donors (Lipinski definition) is 1. The fourth-order valence-corrected chi connectivity index (χ4v) is 2.87. The molecule has 3 nitrogen and oxygen atoms in total. The van der Waals surface area contributed by atoms with Crippen LogP contribution in [-0.4, -0.2) is 10.8 Å². The number of aryl methyl sites for hydroxylation is 1. The van der Waals surface area contributed by atoms with E-state index in [0.29, 0.717) is 12.5 Å². The van der Waals surface area contributed by atoms with E-state index < -0.39 is 0 Å². The molecule has 0 bridgehead atoms. The fourth-order valence-electron chi connectivity index (χ4n) is 2.17. The van der Waals surface area contributed by atoms with E-state index in [-0.39, 0.29) is 0 Å². The molecule has 1 aromatic rings. The third kappa shape index (κ3) is 2.82. The van der Waals surface area contributed by atoms with Crippen molar-refractivity contribution in [3.05, 3.63) is 16.1 Å². The van der Waals surface area contributed by atoms with Gasteiger partial charge < -0.3 is 5.73 Å². The largest absolute Gasteiger partial charge is 0.387 e. The van der Waals surface area contributed by atoms with Gasteiger partial charge in [0.15, 0.2) is 0 Å². The van der Waals surface area contributed by atoms with Crippen LogP contribution in [0.4, 0.5) is 0 Å². The Hall–Kier alpha value is -0.900. The summed E-state index contributed by atoms with van der Waals surface area (Å²) < 4.78 is 0. The van der Waals surface area contributed by atoms with E-state index >= 15 is 0 Å². The molecule has 0 amide bonds. The van der Waals surface area contributed by atoms with Crippen LogP contribution in [0.25, 0.3) is 0 Å². The molecule has 88 valence electrons. The number of aromatic nitrogens is 1. The second-order valence-electron chi connectivity index (χ2n) is 4.44. The minimum Gasteiger partial charge on any atom is -0.387 e. The van der Waals surface area contributed by atoms with Crippen LogP contribution in [0.3, 0.4) is 0 Å². The molecule has 0 saturated heterocycles. The highest BCUT2D eigenvalue weighted by Crippen LogP contribution is 2.24. The molecule has 1 aromatic heterocycles. The molecule has 1 saturated carbocycles. The molecular formula is C12H19N3S. The van der Waals surface area contributed by atoms with Crippen molar-refractivity contribution < 1.29 is 0 Å². The maximum absolute atomic E-state index is 6.05. The van der Waals surface area contributed by atoms with Gasteiger partial charge in [-0.05, 0) is 19.8 Å². The Morgan fingerprint density at radius 2 is 2.25 bits per heavy atom. The van der Waals surface area contributed by atoms with E-state index in [0.717, 1.165) is 11.5 Å². The van der Waals surface area contributed by atoms with Gasteiger partial charge in [0.2, 0.25) is 0 Å². The van der Waals surface area contributed by atoms with Crippen LogP contribution in [0.1, 0.15) is 42.7 Å². The second-order valence-corrected chi connectivity index (χ2v) is 5.38. The Kier molecular flexibility index (Phi) is 3.93. The van der Waals surface area contributed by atoms with E-state index in [2.05, 4.69) is 9.98 Å². The van der Waals surface area contributed by atoms with Crippen LogP contribution in [-0.2, 0) is 6.54 Å². The third-order valence-corrected chi connectivity index (χ3v) is 4.19. The SMILES string of the molecule is Cc1ncsc1CN=C(N)C1CCCCC1. The Bertz CT molecular complexity index is 364. The highest BCUT2D eigenvalue weighted by atomic mass is 32.1. The van der Waals surface area contributed by atoms with Crippen LogP contribution in [0.5, 0.6) is 0 Å². The van der Waals surface area contributed by atoms with Gasteiger partial charge in [0.25, 0.3) is 0 Å². The molecular weight excluding hydrogens is 218 g/mol. The molecule has 4 heteroatoms. The first-order valence-electron chi connectivity index (χ1n) is 5.96. The normalized spacial score (nSPS) is 18.9. The summed E-state index contributed by atoms with van der Waals surface area (Å²) in [5.41, 5.74) is 9.01. The standard InChI is InChI=1S/C12H19N3S/c1-9-11(16-8-15-9)7-14-12(13)10-5-3-2-4-6-10/h8,10H,2-7H2,1H3,(H2,13,14). The molecule has 0 atom stereocenters. The first-order valence-corrected chi connectivity index (χ1v) is 6.84. The van der Waals surface area contributed by atoms with Gasteiger partial charge in [0.05, 0.1) is 23.6 Å². The van der Waals surface area contributed by atoms with Crippen molar-refractivity contribution in [2.45, 2.75) is 45.6 Å². The molecule has 2 rings (SSSR count). The summed E-state index contributed by atoms with van der Waals surface area (Å²) in [6.07, 6.45) is 6.41. The summed E-state index contributed by atoms with van der Waals surface area (Å²) in [6, 6.07) is 0. The van der Waals surface area contributed by atoms with Gasteiger partial charge in [-0.15, -0.1) is 11.3 Å². The van der Waals surface area contributed by atoms with Crippen LogP contribution in [0.2, 0.25) is 0 Å². The van der Waals surface area contributed by atoms with E-state index in [9.17, 15) is 0 Å². The maximum atomic E-state index is 6.05. The lowest BCUT2D eigenvalue weighted by atomic mass is 9.88. The highest BCUT2D eigenvalue weighted by molar-refractivity contribution is 7.09. The van der Waals surface area contributed by atoms with E-state index in [1.807, 2.05) is 12.4 Å². The van der Waals surface area contributed by atoms with Crippen molar-refractivity contribution in [2.75, 3.05) is 0 Å². The summed E-state index contributed by atoms with van der Waals surface area (Å²) in [7, 11) is 0. The minimum absolute atomic E-state index is 0.530. The van der Waals surface area contributed by atoms with E-state index in [4.69, 9.17) is 5.73 Å². The zero-order chi connectivity index (χ0) is 11.4. The monoisotopic (exact) mass is 237 g/mol. The first-order chi connectivity index (χ1) is 7.77. The summed E-state index contributed by atoms with van der Waals surface area (Å²) in [5, 5.41) is 0. The topological polar surface area (TPSA) is 51.3 Å². The number of aliphatic imine (C=N–C) groups is 1. The van der Waals surface area contributed by atoms with Crippen LogP contribution < -0.4 is 5.73 Å². The molecule has 0 unspecified atom stereocenters. The third-order valence-electron chi connectivity index (χ3n) is 3.27. The number of rotatable bonds is 3. The Morgan fingerprint density at radius 1 is 1.50 bits per heavy atom. The van der Waals surface area contributed by atoms with Crippen LogP contribution >= 0.6 is 11.3 Å². The molecule has 1 aliphatic rings. The van der Waals surface area contributed by atoms with Crippen LogP contribution in [0, 0.1) is 12.8 Å². The molecule has 16 heavy (non-hydrogen) atoms. The molecule has 0 radical (unpaired) electrons. The quantitative estimate of drug-likeness (QED) is 0.649. The molecule has 1 aliphatic carbocycles. The lowest BCUT2D eigenvalue weighted by Gasteiger charge is -2.20. The van der Waals surface area contributed by atoms with Crippen molar-refractivity contribution in [3.63, 3.8) is 0 Å². The van der Waals surface area contributed by atoms with Crippen LogP contribution in [0.15, 0.2) is 10.5 Å². The first kappa shape index (κ1) is 11.6. The molecule has 2 N–H and O–H groups in total. The Labute approximate surface area is 101 Å². The molecule has 0 aliphatic heterocycles. The zero-order valence-corrected chi connectivity index (χ0v) is 10.6. The van der Waals surface area contributed by atoms with Crippen molar-refractivity contribution in [3.8, 4) is 0 Å². The predicted octanol–water partition coefficient (Wildman–Crippen LogP) is 2.89. The van der Waals surface area contributed by atoms with Crippen molar-refractivity contribution in [1.82, 2.24) is 4.98 Å². The van der Waals surface area contributed by atoms with E-state index in [1.165, 1.54) is 37.0 Å². The van der Waals surface area contributed by atoms with Crippen molar-refractivity contribution in [2.24, 2.45) is 16.6 Å². The van der Waals surface area contributed by atoms with Crippen molar-refractivity contribution >= 4 is 17.2 Å². The predicted molar refractivity (Wildman–Crippen MR) is 68.8 cm³/mol. The Morgan fingerprint density at radius 3 is 2.88 bits per heavy atom. The fraction of sp³-hybridized carbons (Fsp3) is 0.667. The smallest absolute Gasteiger partial charge is 0.0972 e. The molecule has 0 spiro atoms. The second kappa shape index (κ2) is 5.43. The maximum Gasteiger partial charge on any atom is 0.0972 e. The minimum atomic E-state index is 0.530. The highest BCUT2D eigenvalue weighted by Gasteiger charge is 2.16. The van der Waals surface area contributed by atoms with Gasteiger partial charge in [-0.1, -0.05) is 19.3 Å². The number of amidine groups is 1. The number of hydrogen-bond acceptors (Lipinski definition) is 3. The lowest BCUT2D eigenvalue weighted by Crippen LogP contribution is -2.25. The number of thiazole rings is 1. The molecule has 0 aromatic carbocycles.